The van der Waals surface area contributed by atoms with Crippen molar-refractivity contribution in [3.05, 3.63) is 107 Å². The molecule has 0 saturated heterocycles. The molecule has 1 aliphatic rings. The van der Waals surface area contributed by atoms with Crippen LogP contribution in [0.1, 0.15) is 39.0 Å². The molecule has 5 rings (SSSR count). The summed E-state index contributed by atoms with van der Waals surface area (Å²) in [5.41, 5.74) is 4.45. The van der Waals surface area contributed by atoms with Gasteiger partial charge in [0.2, 0.25) is 5.91 Å². The molecule has 2 amide bonds. The standard InChI is InChI=1S/C30H31N3O3/c1-31-20-25(22-13-9-10-16-26(22)31)28-27(30(35)32(2)19-21-11-5-4-6-12-21)23-14-7-8-15-24(23)29(34)33(28)17-18-36-3/h4-16,20,27-28H,17-19H2,1-3H3/t27-,28-/m1/s1. The molecule has 184 valence electrons. The van der Waals surface area contributed by atoms with E-state index in [-0.39, 0.29) is 11.8 Å². The van der Waals surface area contributed by atoms with Crippen LogP contribution < -0.4 is 0 Å². The van der Waals surface area contributed by atoms with Crippen molar-refractivity contribution in [3.63, 3.8) is 0 Å². The van der Waals surface area contributed by atoms with Crippen LogP contribution in [-0.2, 0) is 23.1 Å². The minimum Gasteiger partial charge on any atom is -0.383 e. The summed E-state index contributed by atoms with van der Waals surface area (Å²) in [5.74, 6) is -0.634. The number of hydrogen-bond donors (Lipinski definition) is 0. The summed E-state index contributed by atoms with van der Waals surface area (Å²) in [5, 5.41) is 1.04. The van der Waals surface area contributed by atoms with E-state index in [4.69, 9.17) is 4.74 Å². The topological polar surface area (TPSA) is 54.8 Å². The first-order chi connectivity index (χ1) is 17.5. The zero-order valence-corrected chi connectivity index (χ0v) is 20.9. The van der Waals surface area contributed by atoms with Gasteiger partial charge in [-0.05, 0) is 23.3 Å². The van der Waals surface area contributed by atoms with Crippen LogP contribution in [0.2, 0.25) is 0 Å². The quantitative estimate of drug-likeness (QED) is 0.382. The van der Waals surface area contributed by atoms with Gasteiger partial charge in [-0.15, -0.1) is 0 Å². The third kappa shape index (κ3) is 4.18. The number of methoxy groups -OCH3 is 1. The lowest BCUT2D eigenvalue weighted by Gasteiger charge is -2.42. The first kappa shape index (κ1) is 23.8. The zero-order chi connectivity index (χ0) is 25.2. The van der Waals surface area contributed by atoms with Crippen LogP contribution in [-0.4, -0.2) is 53.5 Å². The molecule has 36 heavy (non-hydrogen) atoms. The SMILES string of the molecule is COCCN1C(=O)c2ccccc2[C@@H](C(=O)N(C)Cc2ccccc2)[C@H]1c1cn(C)c2ccccc12. The van der Waals surface area contributed by atoms with Gasteiger partial charge in [0.1, 0.15) is 0 Å². The number of hydrogen-bond acceptors (Lipinski definition) is 3. The fraction of sp³-hybridized carbons (Fsp3) is 0.267. The van der Waals surface area contributed by atoms with Crippen molar-refractivity contribution in [1.29, 1.82) is 0 Å². The lowest BCUT2D eigenvalue weighted by Crippen LogP contribution is -2.48. The van der Waals surface area contributed by atoms with Gasteiger partial charge in [0.25, 0.3) is 5.91 Å². The number of benzene rings is 3. The molecule has 6 heteroatoms. The third-order valence-electron chi connectivity index (χ3n) is 7.13. The Balaban J connectivity index is 1.67. The zero-order valence-electron chi connectivity index (χ0n) is 20.9. The molecule has 0 fully saturated rings. The molecule has 0 radical (unpaired) electrons. The fourth-order valence-corrected chi connectivity index (χ4v) is 5.42. The molecule has 0 saturated carbocycles. The lowest BCUT2D eigenvalue weighted by atomic mass is 9.78. The van der Waals surface area contributed by atoms with Gasteiger partial charge in [-0.2, -0.15) is 0 Å². The summed E-state index contributed by atoms with van der Waals surface area (Å²) in [6, 6.07) is 25.2. The Hall–Kier alpha value is -3.90. The predicted molar refractivity (Wildman–Crippen MR) is 141 cm³/mol. The Morgan fingerprint density at radius 1 is 0.944 bits per heavy atom. The van der Waals surface area contributed by atoms with Crippen LogP contribution >= 0.6 is 0 Å². The highest BCUT2D eigenvalue weighted by atomic mass is 16.5. The van der Waals surface area contributed by atoms with Gasteiger partial charge in [0.15, 0.2) is 0 Å². The van der Waals surface area contributed by atoms with Crippen molar-refractivity contribution in [2.75, 3.05) is 27.3 Å². The second-order valence-corrected chi connectivity index (χ2v) is 9.39. The second kappa shape index (κ2) is 9.99. The monoisotopic (exact) mass is 481 g/mol. The number of rotatable bonds is 7. The Kier molecular flexibility index (Phi) is 6.61. The van der Waals surface area contributed by atoms with Gasteiger partial charge in [-0.25, -0.2) is 0 Å². The lowest BCUT2D eigenvalue weighted by molar-refractivity contribution is -0.134. The number of aromatic nitrogens is 1. The number of amides is 2. The Morgan fingerprint density at radius 2 is 1.64 bits per heavy atom. The Morgan fingerprint density at radius 3 is 2.42 bits per heavy atom. The maximum absolute atomic E-state index is 14.3. The molecule has 0 bridgehead atoms. The molecule has 0 aliphatic carbocycles. The van der Waals surface area contributed by atoms with Gasteiger partial charge < -0.3 is 19.1 Å². The summed E-state index contributed by atoms with van der Waals surface area (Å²) in [6.45, 7) is 1.27. The summed E-state index contributed by atoms with van der Waals surface area (Å²) in [7, 11) is 5.47. The van der Waals surface area contributed by atoms with E-state index in [2.05, 4.69) is 22.9 Å². The molecule has 4 aromatic rings. The van der Waals surface area contributed by atoms with Crippen LogP contribution in [0.25, 0.3) is 10.9 Å². The predicted octanol–water partition coefficient (Wildman–Crippen LogP) is 4.76. The highest BCUT2D eigenvalue weighted by Gasteiger charge is 2.45. The van der Waals surface area contributed by atoms with E-state index in [0.29, 0.717) is 25.3 Å². The number of carbonyl (C=O) groups is 2. The van der Waals surface area contributed by atoms with Crippen molar-refractivity contribution in [2.24, 2.45) is 7.05 Å². The van der Waals surface area contributed by atoms with Crippen LogP contribution in [0.5, 0.6) is 0 Å². The number of likely N-dealkylation sites (N-methyl/N-ethyl adjacent to an activating group) is 1. The summed E-state index contributed by atoms with van der Waals surface area (Å²) >= 11 is 0. The van der Waals surface area contributed by atoms with Crippen molar-refractivity contribution < 1.29 is 14.3 Å². The van der Waals surface area contributed by atoms with Crippen LogP contribution in [0.4, 0.5) is 0 Å². The largest absolute Gasteiger partial charge is 0.383 e. The molecule has 1 aromatic heterocycles. The summed E-state index contributed by atoms with van der Waals surface area (Å²) in [6.07, 6.45) is 2.06. The molecule has 0 unspecified atom stereocenters. The van der Waals surface area contributed by atoms with Gasteiger partial charge >= 0.3 is 0 Å². The van der Waals surface area contributed by atoms with Gasteiger partial charge in [0, 0.05) is 62.5 Å². The summed E-state index contributed by atoms with van der Waals surface area (Å²) in [4.78, 5) is 31.7. The van der Waals surface area contributed by atoms with Crippen molar-refractivity contribution in [3.8, 4) is 0 Å². The molecule has 0 N–H and O–H groups in total. The first-order valence-electron chi connectivity index (χ1n) is 12.2. The second-order valence-electron chi connectivity index (χ2n) is 9.39. The molecule has 6 nitrogen and oxygen atoms in total. The number of para-hydroxylation sites is 1. The highest BCUT2D eigenvalue weighted by Crippen LogP contribution is 2.45. The van der Waals surface area contributed by atoms with E-state index in [9.17, 15) is 9.59 Å². The van der Waals surface area contributed by atoms with Crippen LogP contribution in [0.15, 0.2) is 85.1 Å². The number of nitrogens with zero attached hydrogens (tertiary/aromatic N) is 3. The highest BCUT2D eigenvalue weighted by molar-refractivity contribution is 6.02. The van der Waals surface area contributed by atoms with Gasteiger partial charge in [-0.1, -0.05) is 66.7 Å². The molecule has 2 heterocycles. The first-order valence-corrected chi connectivity index (χ1v) is 12.2. The minimum absolute atomic E-state index is 0.0147. The normalized spacial score (nSPS) is 17.3. The van der Waals surface area contributed by atoms with Gasteiger partial charge in [-0.3, -0.25) is 9.59 Å². The average molecular weight is 482 g/mol. The van der Waals surface area contributed by atoms with E-state index in [0.717, 1.165) is 27.6 Å². The number of aryl methyl sites for hydroxylation is 1. The minimum atomic E-state index is -0.546. The Bertz CT molecular complexity index is 1400. The van der Waals surface area contributed by atoms with Crippen molar-refractivity contribution >= 4 is 22.7 Å². The number of carbonyl (C=O) groups excluding carboxylic acids is 2. The van der Waals surface area contributed by atoms with E-state index in [1.807, 2.05) is 85.7 Å². The molecule has 2 atom stereocenters. The molecule has 0 spiro atoms. The fourth-order valence-electron chi connectivity index (χ4n) is 5.42. The van der Waals surface area contributed by atoms with E-state index >= 15 is 0 Å². The van der Waals surface area contributed by atoms with Crippen molar-refractivity contribution in [1.82, 2.24) is 14.4 Å². The average Bonchev–Trinajstić information content (AvgIpc) is 3.24. The third-order valence-corrected chi connectivity index (χ3v) is 7.13. The maximum Gasteiger partial charge on any atom is 0.254 e. The molecular formula is C30H31N3O3. The Labute approximate surface area is 211 Å². The van der Waals surface area contributed by atoms with Crippen molar-refractivity contribution in [2.45, 2.75) is 18.5 Å². The number of ether oxygens (including phenoxy) is 1. The van der Waals surface area contributed by atoms with Gasteiger partial charge in [0.05, 0.1) is 18.6 Å². The van der Waals surface area contributed by atoms with E-state index < -0.39 is 12.0 Å². The smallest absolute Gasteiger partial charge is 0.254 e. The van der Waals surface area contributed by atoms with Crippen LogP contribution in [0.3, 0.4) is 0 Å². The maximum atomic E-state index is 14.3. The van der Waals surface area contributed by atoms with E-state index in [1.54, 1.807) is 12.0 Å². The van der Waals surface area contributed by atoms with E-state index in [1.165, 1.54) is 0 Å². The molecular weight excluding hydrogens is 450 g/mol. The summed E-state index contributed by atoms with van der Waals surface area (Å²) < 4.78 is 7.45. The number of fused-ring (bicyclic) bond motifs is 2. The van der Waals surface area contributed by atoms with Crippen LogP contribution in [0, 0.1) is 0 Å². The molecule has 1 aliphatic heterocycles. The molecule has 3 aromatic carbocycles.